The fraction of sp³-hybridized carbons (Fsp3) is 0.476. The molecule has 2 aromatic rings. The first kappa shape index (κ1) is 27.3. The summed E-state index contributed by atoms with van der Waals surface area (Å²) in [6.45, 7) is 6.05. The van der Waals surface area contributed by atoms with Gasteiger partial charge in [0.15, 0.2) is 12.5 Å². The quantitative estimate of drug-likeness (QED) is 0.320. The highest BCUT2D eigenvalue weighted by Crippen LogP contribution is 2.45. The number of nitrogens with zero attached hydrogens (tertiary/aromatic N) is 1. The van der Waals surface area contributed by atoms with Crippen LogP contribution < -0.4 is 20.9 Å². The Hall–Kier alpha value is -2.28. The van der Waals surface area contributed by atoms with Crippen molar-refractivity contribution in [3.8, 4) is 5.75 Å². The third-order valence-corrected chi connectivity index (χ3v) is 6.84. The number of hydrogen-bond acceptors (Lipinski definition) is 9. The zero-order valence-electron chi connectivity index (χ0n) is 19.6. The van der Waals surface area contributed by atoms with Crippen LogP contribution in [0.2, 0.25) is 0 Å². The van der Waals surface area contributed by atoms with Gasteiger partial charge in [0.2, 0.25) is 0 Å². The summed E-state index contributed by atoms with van der Waals surface area (Å²) in [5.74, 6) is -0.403. The van der Waals surface area contributed by atoms with Crippen molar-refractivity contribution in [3.05, 3.63) is 61.3 Å². The molecule has 1 saturated heterocycles. The number of aromatic nitrogens is 2. The molecule has 2 heterocycles. The van der Waals surface area contributed by atoms with Gasteiger partial charge in [0.1, 0.15) is 18.4 Å². The minimum absolute atomic E-state index is 0.0121. The van der Waals surface area contributed by atoms with Crippen LogP contribution in [-0.2, 0) is 28.1 Å². The van der Waals surface area contributed by atoms with E-state index in [-0.39, 0.29) is 25.1 Å². The predicted molar refractivity (Wildman–Crippen MR) is 128 cm³/mol. The summed E-state index contributed by atoms with van der Waals surface area (Å²) in [6, 6.07) is 5.51. The van der Waals surface area contributed by atoms with Crippen LogP contribution in [0.15, 0.2) is 44.5 Å². The van der Waals surface area contributed by atoms with E-state index in [1.165, 1.54) is 17.7 Å². The Morgan fingerprint density at radius 1 is 1.29 bits per heavy atom. The molecule has 3 rings (SSSR count). The average molecular weight is 576 g/mol. The van der Waals surface area contributed by atoms with Crippen LogP contribution in [0.5, 0.6) is 5.75 Å². The molecule has 35 heavy (non-hydrogen) atoms. The number of benzene rings is 1. The molecule has 192 valence electrons. The normalized spacial score (nSPS) is 20.4. The van der Waals surface area contributed by atoms with Crippen LogP contribution in [0.3, 0.4) is 0 Å². The summed E-state index contributed by atoms with van der Waals surface area (Å²) >= 11 is 3.31. The van der Waals surface area contributed by atoms with Gasteiger partial charge >= 0.3 is 19.4 Å². The molecule has 14 heteroatoms. The van der Waals surface area contributed by atoms with E-state index in [1.807, 2.05) is 0 Å². The van der Waals surface area contributed by atoms with Crippen molar-refractivity contribution in [2.45, 2.75) is 52.4 Å². The first-order chi connectivity index (χ1) is 16.5. The Kier molecular flexibility index (Phi) is 9.08. The topological polar surface area (TPSA) is 147 Å². The smallest absolute Gasteiger partial charge is 0.459 e. The van der Waals surface area contributed by atoms with E-state index < -0.39 is 43.5 Å². The molecule has 4 atom stereocenters. The second-order valence-corrected chi connectivity index (χ2v) is 10.6. The molecule has 0 amide bonds. The second-order valence-electron chi connectivity index (χ2n) is 8.01. The fourth-order valence-electron chi connectivity index (χ4n) is 2.98. The summed E-state index contributed by atoms with van der Waals surface area (Å²) in [6.07, 6.45) is -0.826. The van der Waals surface area contributed by atoms with Gasteiger partial charge in [-0.05, 0) is 52.0 Å². The molecular weight excluding hydrogens is 549 g/mol. The Balaban J connectivity index is 1.70. The van der Waals surface area contributed by atoms with Crippen LogP contribution in [0.1, 0.15) is 32.6 Å². The van der Waals surface area contributed by atoms with Gasteiger partial charge in [-0.1, -0.05) is 15.9 Å². The van der Waals surface area contributed by atoms with Crippen molar-refractivity contribution in [2.24, 2.45) is 0 Å². The molecule has 1 unspecified atom stereocenters. The third-order valence-electron chi connectivity index (χ3n) is 4.67. The predicted octanol–water partition coefficient (Wildman–Crippen LogP) is 2.61. The number of hydrogen-bond donors (Lipinski definition) is 2. The second kappa shape index (κ2) is 11.6. The summed E-state index contributed by atoms with van der Waals surface area (Å²) in [7, 11) is -4.12. The Labute approximate surface area is 209 Å². The average Bonchev–Trinajstić information content (AvgIpc) is 3.25. The lowest BCUT2D eigenvalue weighted by Gasteiger charge is -2.24. The zero-order valence-corrected chi connectivity index (χ0v) is 22.0. The molecule has 0 spiro atoms. The highest BCUT2D eigenvalue weighted by molar-refractivity contribution is 9.10. The van der Waals surface area contributed by atoms with Crippen molar-refractivity contribution < 1.29 is 32.6 Å². The molecule has 1 aliphatic rings. The number of rotatable bonds is 10. The maximum absolute atomic E-state index is 13.5. The first-order valence-corrected chi connectivity index (χ1v) is 13.1. The van der Waals surface area contributed by atoms with Gasteiger partial charge in [0.25, 0.3) is 5.56 Å². The van der Waals surface area contributed by atoms with Crippen molar-refractivity contribution in [1.82, 2.24) is 14.6 Å². The van der Waals surface area contributed by atoms with Gasteiger partial charge < -0.3 is 18.7 Å². The van der Waals surface area contributed by atoms with Gasteiger partial charge in [0, 0.05) is 16.2 Å². The number of nitrogens with one attached hydrogen (secondary N) is 2. The maximum Gasteiger partial charge on any atom is 0.459 e. The number of esters is 1. The summed E-state index contributed by atoms with van der Waals surface area (Å²) in [5, 5.41) is 2.57. The maximum atomic E-state index is 13.5. The fourth-order valence-corrected chi connectivity index (χ4v) is 4.73. The molecule has 0 saturated carbocycles. The molecule has 1 aliphatic heterocycles. The van der Waals surface area contributed by atoms with Gasteiger partial charge in [-0.15, -0.1) is 0 Å². The van der Waals surface area contributed by atoms with Crippen LogP contribution in [-0.4, -0.2) is 47.2 Å². The van der Waals surface area contributed by atoms with Crippen molar-refractivity contribution >= 4 is 29.6 Å². The molecule has 0 bridgehead atoms. The number of halogens is 1. The monoisotopic (exact) mass is 575 g/mol. The number of H-pyrrole nitrogens is 1. The lowest BCUT2D eigenvalue weighted by molar-refractivity contribution is -0.149. The van der Waals surface area contributed by atoms with Crippen molar-refractivity contribution in [1.29, 1.82) is 0 Å². The van der Waals surface area contributed by atoms with E-state index in [9.17, 15) is 18.9 Å². The molecule has 0 aliphatic carbocycles. The van der Waals surface area contributed by atoms with E-state index in [2.05, 4.69) is 26.0 Å². The van der Waals surface area contributed by atoms with Crippen LogP contribution in [0, 0.1) is 6.92 Å². The van der Waals surface area contributed by atoms with Crippen molar-refractivity contribution in [2.75, 3.05) is 13.2 Å². The van der Waals surface area contributed by atoms with Crippen LogP contribution in [0.25, 0.3) is 0 Å². The standard InChI is InChI=1S/C21H27BrN3O9P/c1-12(2)32-20(27)14(4)24-35(29,34-16-7-5-15(22)6-8-16)31-11-18-30-10-17(33-18)25-9-13(3)19(26)23-21(25)28/h5-9,12,14,17-18H,10-11H2,1-4H3,(H,24,29)(H,23,26,28)/t14-,17+,18+,35?/m0/s1. The lowest BCUT2D eigenvalue weighted by atomic mass is 10.3. The van der Waals surface area contributed by atoms with Crippen LogP contribution in [0.4, 0.5) is 0 Å². The Morgan fingerprint density at radius 3 is 2.63 bits per heavy atom. The lowest BCUT2D eigenvalue weighted by Crippen LogP contribution is -2.37. The van der Waals surface area contributed by atoms with Crippen LogP contribution >= 0.6 is 23.7 Å². The molecule has 1 aromatic heterocycles. The summed E-state index contributed by atoms with van der Waals surface area (Å²) in [5.41, 5.74) is -0.821. The summed E-state index contributed by atoms with van der Waals surface area (Å²) < 4.78 is 43.0. The Morgan fingerprint density at radius 2 is 1.97 bits per heavy atom. The van der Waals surface area contributed by atoms with E-state index in [4.69, 9.17) is 23.3 Å². The first-order valence-electron chi connectivity index (χ1n) is 10.7. The minimum Gasteiger partial charge on any atom is -0.462 e. The molecular formula is C21H27BrN3O9P. The molecule has 1 fully saturated rings. The number of carbonyl (C=O) groups is 1. The number of aryl methyl sites for hydroxylation is 1. The van der Waals surface area contributed by atoms with E-state index in [0.29, 0.717) is 5.56 Å². The van der Waals surface area contributed by atoms with Crippen molar-refractivity contribution in [3.63, 3.8) is 0 Å². The van der Waals surface area contributed by atoms with E-state index in [1.54, 1.807) is 45.0 Å². The molecule has 1 aromatic carbocycles. The SMILES string of the molecule is Cc1cn([C@H]2CO[C@@H](COP(=O)(N[C@@H](C)C(=O)OC(C)C)Oc3ccc(Br)cc3)O2)c(=O)[nH]c1=O. The van der Waals surface area contributed by atoms with Gasteiger partial charge in [-0.2, -0.15) is 5.09 Å². The highest BCUT2D eigenvalue weighted by Gasteiger charge is 2.36. The molecule has 12 nitrogen and oxygen atoms in total. The number of carbonyl (C=O) groups excluding carboxylic acids is 1. The van der Waals surface area contributed by atoms with Gasteiger partial charge in [-0.3, -0.25) is 23.7 Å². The number of ether oxygens (including phenoxy) is 3. The molecule has 0 radical (unpaired) electrons. The molecule has 2 N–H and O–H groups in total. The largest absolute Gasteiger partial charge is 0.462 e. The minimum atomic E-state index is -4.12. The van der Waals surface area contributed by atoms with E-state index >= 15 is 0 Å². The summed E-state index contributed by atoms with van der Waals surface area (Å²) in [4.78, 5) is 38.1. The zero-order chi connectivity index (χ0) is 25.8. The number of aromatic amines is 1. The Bertz CT molecular complexity index is 1200. The van der Waals surface area contributed by atoms with Gasteiger partial charge in [0.05, 0.1) is 12.7 Å². The van der Waals surface area contributed by atoms with E-state index in [0.717, 1.165) is 4.47 Å². The van der Waals surface area contributed by atoms with Gasteiger partial charge in [-0.25, -0.2) is 9.36 Å². The highest BCUT2D eigenvalue weighted by atomic mass is 79.9. The third kappa shape index (κ3) is 7.60.